The molecular weight excluding hydrogens is 314 g/mol. The Kier molecular flexibility index (Phi) is 5.45. The number of nitriles is 1. The molecule has 1 aromatic rings. The Labute approximate surface area is 118 Å². The van der Waals surface area contributed by atoms with Crippen molar-refractivity contribution in [2.24, 2.45) is 0 Å². The van der Waals surface area contributed by atoms with Crippen LogP contribution < -0.4 is 0 Å². The number of carbonyl (C=O) groups is 1. The van der Waals surface area contributed by atoms with Crippen LogP contribution in [0.1, 0.15) is 23.7 Å². The van der Waals surface area contributed by atoms with Crippen molar-refractivity contribution in [1.82, 2.24) is 4.90 Å². The van der Waals surface area contributed by atoms with E-state index in [0.717, 1.165) is 0 Å². The van der Waals surface area contributed by atoms with Crippen LogP contribution >= 0.6 is 15.9 Å². The number of hydrogen-bond acceptors (Lipinski definition) is 4. The van der Waals surface area contributed by atoms with Crippen molar-refractivity contribution >= 4 is 27.5 Å². The molecule has 0 aliphatic rings. The Morgan fingerprint density at radius 1 is 1.53 bits per heavy atom. The monoisotopic (exact) mass is 325 g/mol. The number of benzene rings is 1. The lowest BCUT2D eigenvalue weighted by Gasteiger charge is -2.19. The van der Waals surface area contributed by atoms with Gasteiger partial charge >= 0.3 is 0 Å². The molecule has 0 fully saturated rings. The number of halogens is 1. The van der Waals surface area contributed by atoms with Gasteiger partial charge < -0.3 is 4.90 Å². The lowest BCUT2D eigenvalue weighted by molar-refractivity contribution is -0.385. The summed E-state index contributed by atoms with van der Waals surface area (Å²) >= 11 is 3.15. The summed E-state index contributed by atoms with van der Waals surface area (Å²) in [6, 6.07) is 6.07. The first kappa shape index (κ1) is 15.1. The smallest absolute Gasteiger partial charge is 0.271 e. The van der Waals surface area contributed by atoms with E-state index < -0.39 is 4.92 Å². The van der Waals surface area contributed by atoms with Gasteiger partial charge in [-0.15, -0.1) is 0 Å². The largest absolute Gasteiger partial charge is 0.338 e. The average Bonchev–Trinajstić information content (AvgIpc) is 2.38. The van der Waals surface area contributed by atoms with Crippen LogP contribution in [0.3, 0.4) is 0 Å². The topological polar surface area (TPSA) is 87.2 Å². The van der Waals surface area contributed by atoms with E-state index in [1.165, 1.54) is 23.1 Å². The van der Waals surface area contributed by atoms with Gasteiger partial charge in [-0.3, -0.25) is 14.9 Å². The van der Waals surface area contributed by atoms with Gasteiger partial charge in [0.25, 0.3) is 11.6 Å². The van der Waals surface area contributed by atoms with Gasteiger partial charge in [-0.1, -0.05) is 15.9 Å². The number of non-ortho nitro benzene ring substituents is 1. The minimum absolute atomic E-state index is 0.144. The molecule has 0 N–H and O–H groups in total. The summed E-state index contributed by atoms with van der Waals surface area (Å²) in [5, 5.41) is 19.3. The molecule has 100 valence electrons. The first-order valence-corrected chi connectivity index (χ1v) is 6.40. The molecule has 1 rings (SSSR count). The molecule has 1 aromatic carbocycles. The maximum atomic E-state index is 12.2. The van der Waals surface area contributed by atoms with Gasteiger partial charge in [0, 0.05) is 35.3 Å². The first-order valence-electron chi connectivity index (χ1n) is 5.60. The third kappa shape index (κ3) is 4.03. The minimum Gasteiger partial charge on any atom is -0.338 e. The lowest BCUT2D eigenvalue weighted by atomic mass is 10.1. The predicted octanol–water partition coefficient (Wildman–Crippen LogP) is 2.73. The van der Waals surface area contributed by atoms with Gasteiger partial charge in [-0.05, 0) is 13.0 Å². The lowest BCUT2D eigenvalue weighted by Crippen LogP contribution is -2.31. The van der Waals surface area contributed by atoms with Crippen molar-refractivity contribution in [2.45, 2.75) is 13.3 Å². The molecule has 0 aromatic heterocycles. The highest BCUT2D eigenvalue weighted by Crippen LogP contribution is 2.22. The van der Waals surface area contributed by atoms with Crippen molar-refractivity contribution in [3.63, 3.8) is 0 Å². The maximum Gasteiger partial charge on any atom is 0.271 e. The van der Waals surface area contributed by atoms with Crippen LogP contribution in [-0.4, -0.2) is 28.8 Å². The molecule has 0 atom stereocenters. The van der Waals surface area contributed by atoms with Crippen molar-refractivity contribution in [2.75, 3.05) is 13.1 Å². The zero-order valence-corrected chi connectivity index (χ0v) is 11.9. The van der Waals surface area contributed by atoms with E-state index in [1.54, 1.807) is 6.92 Å². The number of nitro groups is 1. The van der Waals surface area contributed by atoms with Gasteiger partial charge in [0.15, 0.2) is 0 Å². The Morgan fingerprint density at radius 3 is 2.74 bits per heavy atom. The van der Waals surface area contributed by atoms with Crippen LogP contribution in [0.4, 0.5) is 5.69 Å². The van der Waals surface area contributed by atoms with Crippen molar-refractivity contribution in [3.05, 3.63) is 38.3 Å². The SMILES string of the molecule is CCN(CCC#N)C(=O)c1cc(Br)cc([N+](=O)[O-])c1. The summed E-state index contributed by atoms with van der Waals surface area (Å²) in [6.07, 6.45) is 0.232. The molecular formula is C12H12BrN3O3. The maximum absolute atomic E-state index is 12.2. The molecule has 0 bridgehead atoms. The zero-order valence-electron chi connectivity index (χ0n) is 10.3. The van der Waals surface area contributed by atoms with E-state index in [2.05, 4.69) is 15.9 Å². The molecule has 0 unspecified atom stereocenters. The van der Waals surface area contributed by atoms with E-state index in [4.69, 9.17) is 5.26 Å². The summed E-state index contributed by atoms with van der Waals surface area (Å²) in [6.45, 7) is 2.55. The zero-order chi connectivity index (χ0) is 14.4. The standard InChI is InChI=1S/C12H12BrN3O3/c1-2-15(5-3-4-14)12(17)9-6-10(13)8-11(7-9)16(18)19/h6-8H,2-3,5H2,1H3. The number of rotatable bonds is 5. The van der Waals surface area contributed by atoms with Crippen molar-refractivity contribution < 1.29 is 9.72 Å². The van der Waals surface area contributed by atoms with E-state index in [9.17, 15) is 14.9 Å². The Hall–Kier alpha value is -1.94. The summed E-state index contributed by atoms with van der Waals surface area (Å²) in [5.74, 6) is -0.317. The van der Waals surface area contributed by atoms with E-state index in [-0.39, 0.29) is 23.6 Å². The molecule has 0 heterocycles. The molecule has 0 saturated heterocycles. The molecule has 6 nitrogen and oxygen atoms in total. The Balaban J connectivity index is 3.04. The van der Waals surface area contributed by atoms with Crippen molar-refractivity contribution in [1.29, 1.82) is 5.26 Å². The van der Waals surface area contributed by atoms with E-state index in [0.29, 0.717) is 17.6 Å². The first-order chi connectivity index (χ1) is 8.99. The average molecular weight is 326 g/mol. The second-order valence-electron chi connectivity index (χ2n) is 3.75. The minimum atomic E-state index is -0.549. The third-order valence-corrected chi connectivity index (χ3v) is 2.96. The summed E-state index contributed by atoms with van der Waals surface area (Å²) in [4.78, 5) is 23.9. The molecule has 7 heteroatoms. The van der Waals surface area contributed by atoms with Gasteiger partial charge in [0.05, 0.1) is 17.4 Å². The molecule has 0 aliphatic carbocycles. The summed E-state index contributed by atoms with van der Waals surface area (Å²) in [5.41, 5.74) is 0.0925. The van der Waals surface area contributed by atoms with Crippen LogP contribution in [0, 0.1) is 21.4 Å². The number of nitro benzene ring substituents is 1. The van der Waals surface area contributed by atoms with Crippen LogP contribution in [0.15, 0.2) is 22.7 Å². The second-order valence-corrected chi connectivity index (χ2v) is 4.66. The van der Waals surface area contributed by atoms with E-state index in [1.807, 2.05) is 6.07 Å². The van der Waals surface area contributed by atoms with Gasteiger partial charge in [-0.2, -0.15) is 5.26 Å². The highest BCUT2D eigenvalue weighted by atomic mass is 79.9. The number of carbonyl (C=O) groups excluding carboxylic acids is 1. The fourth-order valence-corrected chi connectivity index (χ4v) is 2.06. The fraction of sp³-hybridized carbons (Fsp3) is 0.333. The van der Waals surface area contributed by atoms with Crippen LogP contribution in [0.25, 0.3) is 0 Å². The normalized spacial score (nSPS) is 9.74. The van der Waals surface area contributed by atoms with Crippen LogP contribution in [-0.2, 0) is 0 Å². The van der Waals surface area contributed by atoms with Gasteiger partial charge in [-0.25, -0.2) is 0 Å². The summed E-state index contributed by atoms with van der Waals surface area (Å²) in [7, 11) is 0. The number of hydrogen-bond donors (Lipinski definition) is 0. The highest BCUT2D eigenvalue weighted by Gasteiger charge is 2.18. The summed E-state index contributed by atoms with van der Waals surface area (Å²) < 4.78 is 0.474. The molecule has 19 heavy (non-hydrogen) atoms. The fourth-order valence-electron chi connectivity index (χ4n) is 1.57. The third-order valence-electron chi connectivity index (χ3n) is 2.50. The number of nitrogens with zero attached hydrogens (tertiary/aromatic N) is 3. The molecule has 0 aliphatic heterocycles. The molecule has 1 amide bonds. The van der Waals surface area contributed by atoms with E-state index >= 15 is 0 Å². The second kappa shape index (κ2) is 6.85. The van der Waals surface area contributed by atoms with Crippen LogP contribution in [0.2, 0.25) is 0 Å². The van der Waals surface area contributed by atoms with Gasteiger partial charge in [0.1, 0.15) is 0 Å². The molecule has 0 saturated carbocycles. The quantitative estimate of drug-likeness (QED) is 0.615. The van der Waals surface area contributed by atoms with Crippen LogP contribution in [0.5, 0.6) is 0 Å². The predicted molar refractivity (Wildman–Crippen MR) is 72.6 cm³/mol. The Bertz CT molecular complexity index is 540. The molecule has 0 radical (unpaired) electrons. The number of amides is 1. The molecule has 0 spiro atoms. The highest BCUT2D eigenvalue weighted by molar-refractivity contribution is 9.10. The Morgan fingerprint density at radius 2 is 2.21 bits per heavy atom. The van der Waals surface area contributed by atoms with Gasteiger partial charge in [0.2, 0.25) is 0 Å². The van der Waals surface area contributed by atoms with Crippen molar-refractivity contribution in [3.8, 4) is 6.07 Å².